The van der Waals surface area contributed by atoms with Gasteiger partial charge in [-0.2, -0.15) is 0 Å². The molecule has 3 aromatic rings. The molecule has 25 heavy (non-hydrogen) atoms. The van der Waals surface area contributed by atoms with E-state index in [1.54, 1.807) is 22.2 Å². The Kier molecular flexibility index (Phi) is 4.50. The minimum atomic E-state index is -0.0290. The Morgan fingerprint density at radius 2 is 2.20 bits per heavy atom. The summed E-state index contributed by atoms with van der Waals surface area (Å²) in [6.45, 7) is 2.59. The zero-order chi connectivity index (χ0) is 17.4. The summed E-state index contributed by atoms with van der Waals surface area (Å²) in [4.78, 5) is 23.6. The summed E-state index contributed by atoms with van der Waals surface area (Å²) < 4.78 is 1.02. The molecule has 0 saturated carbocycles. The molecule has 4 rings (SSSR count). The lowest BCUT2D eigenvalue weighted by Crippen LogP contribution is -2.31. The molecule has 1 saturated heterocycles. The summed E-state index contributed by atoms with van der Waals surface area (Å²) in [6.07, 6.45) is 0. The largest absolute Gasteiger partial charge is 0.286 e. The minimum absolute atomic E-state index is 0.0290. The van der Waals surface area contributed by atoms with Crippen LogP contribution in [0.5, 0.6) is 0 Å². The molecular formula is C18H14ClN3OS2. The van der Waals surface area contributed by atoms with E-state index in [4.69, 9.17) is 11.6 Å². The van der Waals surface area contributed by atoms with Gasteiger partial charge in [-0.15, -0.1) is 11.3 Å². The summed E-state index contributed by atoms with van der Waals surface area (Å²) in [5, 5.41) is 1.40. The first-order valence-corrected chi connectivity index (χ1v) is 9.99. The van der Waals surface area contributed by atoms with E-state index < -0.39 is 0 Å². The smallest absolute Gasteiger partial charge is 0.259 e. The molecule has 1 aromatic heterocycles. The molecule has 0 radical (unpaired) electrons. The fraction of sp³-hybridized carbons (Fsp3) is 0.167. The lowest BCUT2D eigenvalue weighted by atomic mass is 10.2. The third-order valence-electron chi connectivity index (χ3n) is 4.06. The van der Waals surface area contributed by atoms with E-state index >= 15 is 0 Å². The maximum absolute atomic E-state index is 13.0. The minimum Gasteiger partial charge on any atom is -0.286 e. The summed E-state index contributed by atoms with van der Waals surface area (Å²) in [5.41, 5.74) is 5.09. The second-order valence-corrected chi connectivity index (χ2v) is 7.97. The number of carbonyl (C=O) groups is 1. The molecule has 2 heterocycles. The van der Waals surface area contributed by atoms with Crippen LogP contribution in [0.15, 0.2) is 46.9 Å². The zero-order valence-corrected chi connectivity index (χ0v) is 15.8. The first-order valence-electron chi connectivity index (χ1n) is 7.75. The maximum Gasteiger partial charge on any atom is 0.259 e. The monoisotopic (exact) mass is 387 g/mol. The van der Waals surface area contributed by atoms with Crippen LogP contribution < -0.4 is 0 Å². The number of fused-ring (bicyclic) bond motifs is 1. The van der Waals surface area contributed by atoms with Crippen molar-refractivity contribution in [3.05, 3.63) is 58.1 Å². The number of hydrogen-bond acceptors (Lipinski definition) is 5. The summed E-state index contributed by atoms with van der Waals surface area (Å²) in [6, 6.07) is 11.3. The average molecular weight is 388 g/mol. The lowest BCUT2D eigenvalue weighted by molar-refractivity contribution is 0.0859. The highest BCUT2D eigenvalue weighted by molar-refractivity contribution is 8.14. The van der Waals surface area contributed by atoms with Gasteiger partial charge < -0.3 is 0 Å². The number of halogens is 1. The molecule has 0 unspecified atom stereocenters. The van der Waals surface area contributed by atoms with Gasteiger partial charge >= 0.3 is 0 Å². The van der Waals surface area contributed by atoms with Gasteiger partial charge in [0.1, 0.15) is 0 Å². The Morgan fingerprint density at radius 1 is 1.32 bits per heavy atom. The van der Waals surface area contributed by atoms with Gasteiger partial charge in [0.25, 0.3) is 5.91 Å². The number of thiazole rings is 1. The Bertz CT molecular complexity index is 999. The Labute approximate surface area is 158 Å². The number of carbonyl (C=O) groups excluding carboxylic acids is 1. The normalized spacial score (nSPS) is 16.1. The second kappa shape index (κ2) is 6.78. The van der Waals surface area contributed by atoms with Crippen molar-refractivity contribution >= 4 is 61.7 Å². The van der Waals surface area contributed by atoms with Gasteiger partial charge in [-0.25, -0.2) is 9.98 Å². The van der Waals surface area contributed by atoms with Gasteiger partial charge in [-0.3, -0.25) is 9.69 Å². The number of rotatable bonds is 2. The molecule has 1 amide bonds. The molecule has 7 heteroatoms. The molecule has 1 aliphatic rings. The van der Waals surface area contributed by atoms with E-state index in [0.717, 1.165) is 32.4 Å². The van der Waals surface area contributed by atoms with Crippen LogP contribution >= 0.6 is 34.7 Å². The Hall–Kier alpha value is -1.89. The standard InChI is InChI=1S/C18H14ClN3OS2/c1-11-13(19)3-2-4-14(11)21-18-22(7-8-24-18)17(23)12-5-6-15-16(9-12)25-10-20-15/h2-6,9-10H,7-8H2,1H3. The molecular weight excluding hydrogens is 374 g/mol. The van der Waals surface area contributed by atoms with Crippen LogP contribution in [-0.2, 0) is 0 Å². The zero-order valence-electron chi connectivity index (χ0n) is 13.4. The third kappa shape index (κ3) is 3.17. The molecule has 0 bridgehead atoms. The second-order valence-electron chi connectivity index (χ2n) is 5.62. The molecule has 2 aromatic carbocycles. The molecule has 1 aliphatic heterocycles. The fourth-order valence-electron chi connectivity index (χ4n) is 2.65. The highest BCUT2D eigenvalue weighted by Gasteiger charge is 2.27. The molecule has 0 aliphatic carbocycles. The van der Waals surface area contributed by atoms with Crippen molar-refractivity contribution in [2.45, 2.75) is 6.92 Å². The van der Waals surface area contributed by atoms with E-state index in [1.165, 1.54) is 11.3 Å². The van der Waals surface area contributed by atoms with Gasteiger partial charge in [0.15, 0.2) is 5.17 Å². The van der Waals surface area contributed by atoms with Crippen LogP contribution in [-0.4, -0.2) is 33.3 Å². The van der Waals surface area contributed by atoms with Crippen molar-refractivity contribution in [2.24, 2.45) is 4.99 Å². The number of amides is 1. The number of amidine groups is 1. The molecule has 0 spiro atoms. The highest BCUT2D eigenvalue weighted by Crippen LogP contribution is 2.30. The van der Waals surface area contributed by atoms with Crippen LogP contribution in [0.2, 0.25) is 5.02 Å². The van der Waals surface area contributed by atoms with Gasteiger partial charge in [-0.05, 0) is 42.8 Å². The van der Waals surface area contributed by atoms with Crippen LogP contribution in [0, 0.1) is 6.92 Å². The van der Waals surface area contributed by atoms with Crippen LogP contribution in [0.1, 0.15) is 15.9 Å². The summed E-state index contributed by atoms with van der Waals surface area (Å²) in [7, 11) is 0. The highest BCUT2D eigenvalue weighted by atomic mass is 35.5. The van der Waals surface area contributed by atoms with Crippen molar-refractivity contribution in [1.82, 2.24) is 9.88 Å². The molecule has 0 atom stereocenters. The number of aromatic nitrogens is 1. The van der Waals surface area contributed by atoms with Gasteiger partial charge in [0.05, 0.1) is 21.4 Å². The van der Waals surface area contributed by atoms with Gasteiger partial charge in [0.2, 0.25) is 0 Å². The van der Waals surface area contributed by atoms with Crippen molar-refractivity contribution in [1.29, 1.82) is 0 Å². The molecule has 126 valence electrons. The number of hydrogen-bond donors (Lipinski definition) is 0. The van der Waals surface area contributed by atoms with Crippen molar-refractivity contribution in [3.8, 4) is 0 Å². The summed E-state index contributed by atoms with van der Waals surface area (Å²) in [5.74, 6) is 0.811. The Balaban J connectivity index is 1.67. The first kappa shape index (κ1) is 16.6. The molecule has 0 N–H and O–H groups in total. The number of nitrogens with zero attached hydrogens (tertiary/aromatic N) is 3. The number of thioether (sulfide) groups is 1. The quantitative estimate of drug-likeness (QED) is 0.612. The topological polar surface area (TPSA) is 45.6 Å². The lowest BCUT2D eigenvalue weighted by Gasteiger charge is -2.16. The van der Waals surface area contributed by atoms with Crippen LogP contribution in [0.4, 0.5) is 5.69 Å². The molecule has 4 nitrogen and oxygen atoms in total. The van der Waals surface area contributed by atoms with E-state index in [1.807, 2.05) is 43.3 Å². The molecule has 1 fully saturated rings. The van der Waals surface area contributed by atoms with Crippen LogP contribution in [0.3, 0.4) is 0 Å². The SMILES string of the molecule is Cc1c(Cl)cccc1N=C1SCCN1C(=O)c1ccc2ncsc2c1. The average Bonchev–Trinajstić information content (AvgIpc) is 3.26. The fourth-order valence-corrected chi connectivity index (χ4v) is 4.48. The predicted octanol–water partition coefficient (Wildman–Crippen LogP) is 5.13. The van der Waals surface area contributed by atoms with Crippen molar-refractivity contribution < 1.29 is 4.79 Å². The number of aliphatic imine (C=N–C) groups is 1. The van der Waals surface area contributed by atoms with E-state index in [-0.39, 0.29) is 5.91 Å². The van der Waals surface area contributed by atoms with Gasteiger partial charge in [-0.1, -0.05) is 29.4 Å². The van der Waals surface area contributed by atoms with E-state index in [9.17, 15) is 4.79 Å². The summed E-state index contributed by atoms with van der Waals surface area (Å²) >= 11 is 9.30. The first-order chi connectivity index (χ1) is 12.1. The van der Waals surface area contributed by atoms with Crippen LogP contribution in [0.25, 0.3) is 10.2 Å². The predicted molar refractivity (Wildman–Crippen MR) is 106 cm³/mol. The van der Waals surface area contributed by atoms with E-state index in [2.05, 4.69) is 9.98 Å². The van der Waals surface area contributed by atoms with Crippen molar-refractivity contribution in [3.63, 3.8) is 0 Å². The Morgan fingerprint density at radius 3 is 3.08 bits per heavy atom. The van der Waals surface area contributed by atoms with E-state index in [0.29, 0.717) is 17.1 Å². The van der Waals surface area contributed by atoms with Crippen molar-refractivity contribution in [2.75, 3.05) is 12.3 Å². The van der Waals surface area contributed by atoms with Gasteiger partial charge in [0, 0.05) is 22.9 Å². The third-order valence-corrected chi connectivity index (χ3v) is 6.21. The maximum atomic E-state index is 13.0. The number of benzene rings is 2.